The highest BCUT2D eigenvalue weighted by Crippen LogP contribution is 2.67. The van der Waals surface area contributed by atoms with Crippen LogP contribution >= 0.6 is 0 Å². The van der Waals surface area contributed by atoms with E-state index in [0.717, 1.165) is 24.3 Å². The standard InChI is InChI=1S/2C13H13F3O7S.2C13H13NO7S/c1-2-8(17)21-5-9(18)22-10-6-3-7-11(10)23-24(19,20)12(7,4-6)13(14,15)16;1-2-7(17)21-4-8(18)22-10-5-3-6-11(10)23-24(19,20)12(6)9(5)13(14,15)16;1-2-9(15)19-5-10(16)20-11-7-3-8-12(11)21-22(17,18)13(8,4-7)6-14;1-2-9(15)19-5-10(16)20-11-6-3-7-12(11)21-22(17,18)13(7)8(6)4-14/h2,6-7,10-11H,1,3-5H2;2,5-6,9-12H,1,3-4H2;2,7-8,11-12H,1,3-5H2;2,6-8,11-13H,1,3,5H2. The number of halogens is 6. The van der Waals surface area contributed by atoms with Gasteiger partial charge in [-0.25, -0.2) is 38.4 Å². The molecule has 4 heterocycles. The lowest BCUT2D eigenvalue weighted by Crippen LogP contribution is -2.54. The van der Waals surface area contributed by atoms with E-state index in [-0.39, 0.29) is 37.0 Å². The molecule has 22 unspecified atom stereocenters. The molecule has 4 saturated heterocycles. The molecule has 0 spiro atoms. The van der Waals surface area contributed by atoms with Crippen LogP contribution in [0.25, 0.3) is 0 Å². The van der Waals surface area contributed by atoms with Crippen molar-refractivity contribution in [2.75, 3.05) is 26.4 Å². The van der Waals surface area contributed by atoms with Crippen LogP contribution in [0.5, 0.6) is 0 Å². The summed E-state index contributed by atoms with van der Waals surface area (Å²) in [5.41, 5.74) is 0. The highest BCUT2D eigenvalue weighted by molar-refractivity contribution is 7.89. The molecule has 92 heavy (non-hydrogen) atoms. The summed E-state index contributed by atoms with van der Waals surface area (Å²) in [5, 5.41) is 16.0. The zero-order chi connectivity index (χ0) is 68.0. The molecular weight excluding hydrogens is 1340 g/mol. The average molecular weight is 1400 g/mol. The molecule has 0 N–H and O–H groups in total. The second-order valence-corrected chi connectivity index (χ2v) is 30.1. The number of alkyl halides is 6. The number of ether oxygens (including phenoxy) is 8. The van der Waals surface area contributed by atoms with Gasteiger partial charge in [0, 0.05) is 71.6 Å². The van der Waals surface area contributed by atoms with Crippen LogP contribution in [0.4, 0.5) is 26.3 Å². The minimum Gasteiger partial charge on any atom is -0.457 e. The molecule has 40 heteroatoms. The Bertz CT molecular complexity index is 3720. The van der Waals surface area contributed by atoms with Crippen molar-refractivity contribution in [2.45, 2.75) is 120 Å². The fourth-order valence-corrected chi connectivity index (χ4v) is 23.2. The van der Waals surface area contributed by atoms with Gasteiger partial charge >= 0.3 is 60.1 Å². The Morgan fingerprint density at radius 2 is 0.870 bits per heavy atom. The van der Waals surface area contributed by atoms with Crippen molar-refractivity contribution < 1.29 is 153 Å². The Morgan fingerprint density at radius 1 is 0.489 bits per heavy atom. The number of esters is 8. The van der Waals surface area contributed by atoms with Gasteiger partial charge in [0.15, 0.2) is 35.9 Å². The van der Waals surface area contributed by atoms with Gasteiger partial charge in [-0.15, -0.1) is 0 Å². The highest BCUT2D eigenvalue weighted by Gasteiger charge is 2.83. The minimum atomic E-state index is -4.96. The summed E-state index contributed by atoms with van der Waals surface area (Å²) in [6, 6.07) is 3.87. The quantitative estimate of drug-likeness (QED) is 0.0664. The van der Waals surface area contributed by atoms with E-state index in [1.165, 1.54) is 0 Å². The van der Waals surface area contributed by atoms with E-state index >= 15 is 0 Å². The maximum Gasteiger partial charge on any atom is 0.410 e. The normalized spacial score (nSPS) is 39.3. The molecule has 30 nitrogen and oxygen atoms in total. The third kappa shape index (κ3) is 11.8. The maximum absolute atomic E-state index is 13.4. The van der Waals surface area contributed by atoms with E-state index in [1.54, 1.807) is 0 Å². The number of nitriles is 2. The molecule has 8 saturated carbocycles. The summed E-state index contributed by atoms with van der Waals surface area (Å²) in [5.74, 6) is -15.4. The van der Waals surface area contributed by atoms with Gasteiger partial charge in [-0.05, 0) is 38.5 Å². The predicted molar refractivity (Wildman–Crippen MR) is 278 cm³/mol. The lowest BCUT2D eigenvalue weighted by molar-refractivity contribution is -0.204. The third-order valence-electron chi connectivity index (χ3n) is 18.5. The summed E-state index contributed by atoms with van der Waals surface area (Å²) in [7, 11) is -17.0. The van der Waals surface area contributed by atoms with Crippen molar-refractivity contribution in [1.29, 1.82) is 10.5 Å². The van der Waals surface area contributed by atoms with Gasteiger partial charge in [0.1, 0.15) is 59.3 Å². The molecule has 504 valence electrons. The van der Waals surface area contributed by atoms with Gasteiger partial charge in [-0.2, -0.15) is 70.5 Å². The van der Waals surface area contributed by atoms with Crippen LogP contribution in [0.2, 0.25) is 0 Å². The number of carbonyl (C=O) groups is 8. The van der Waals surface area contributed by atoms with Gasteiger partial charge in [0.2, 0.25) is 0 Å². The van der Waals surface area contributed by atoms with E-state index in [4.69, 9.17) is 31.5 Å². The molecule has 22 atom stereocenters. The monoisotopic (exact) mass is 1390 g/mol. The van der Waals surface area contributed by atoms with E-state index < -0.39 is 244 Å². The largest absolute Gasteiger partial charge is 0.457 e. The van der Waals surface area contributed by atoms with E-state index in [0.29, 0.717) is 12.8 Å². The van der Waals surface area contributed by atoms with Crippen LogP contribution < -0.4 is 0 Å². The van der Waals surface area contributed by atoms with Gasteiger partial charge in [0.05, 0.1) is 24.0 Å². The van der Waals surface area contributed by atoms with Crippen molar-refractivity contribution in [2.24, 2.45) is 59.2 Å². The first-order valence-electron chi connectivity index (χ1n) is 27.4. The highest BCUT2D eigenvalue weighted by atomic mass is 32.2. The first-order chi connectivity index (χ1) is 42.8. The van der Waals surface area contributed by atoms with Crippen molar-refractivity contribution in [3.05, 3.63) is 50.6 Å². The second-order valence-electron chi connectivity index (χ2n) is 23.0. The first kappa shape index (κ1) is 69.3. The zero-order valence-electron chi connectivity index (χ0n) is 47.0. The second kappa shape index (κ2) is 24.7. The molecule has 8 bridgehead atoms. The van der Waals surface area contributed by atoms with Crippen LogP contribution in [-0.4, -0.2) is 189 Å². The SMILES string of the molecule is C=CC(=O)OCC(=O)OC1C2CC3C1OS(=O)(=O)C3(C#N)C2.C=CC(=O)OCC(=O)OC1C2CC3C1OS(=O)(=O)C3(C(F)(F)F)C2.C=CC(=O)OCC(=O)OC1C2CC3C1OS(=O)(=O)C3C2C#N.C=CC(=O)OCC(=O)OC1C2CC3C1OS(=O)(=O)C3C2C(F)(F)F. The molecule has 8 aliphatic carbocycles. The number of hydrogen-bond acceptors (Lipinski definition) is 30. The van der Waals surface area contributed by atoms with Crippen LogP contribution in [-0.2, 0) is 133 Å². The fraction of sp³-hybridized carbons (Fsp3) is 0.654. The molecule has 4 aliphatic heterocycles. The van der Waals surface area contributed by atoms with Gasteiger partial charge < -0.3 is 37.9 Å². The van der Waals surface area contributed by atoms with Crippen molar-refractivity contribution in [1.82, 2.24) is 0 Å². The van der Waals surface area contributed by atoms with E-state index in [9.17, 15) is 109 Å². The zero-order valence-corrected chi connectivity index (χ0v) is 50.2. The van der Waals surface area contributed by atoms with E-state index in [1.807, 2.05) is 12.1 Å². The Balaban J connectivity index is 0.000000145. The predicted octanol–water partition coefficient (Wildman–Crippen LogP) is 0.422. The Morgan fingerprint density at radius 3 is 1.29 bits per heavy atom. The third-order valence-corrected chi connectivity index (χ3v) is 26.1. The Kier molecular flexibility index (Phi) is 18.6. The van der Waals surface area contributed by atoms with Crippen molar-refractivity contribution >= 4 is 88.2 Å². The first-order valence-corrected chi connectivity index (χ1v) is 33.2. The van der Waals surface area contributed by atoms with Gasteiger partial charge in [-0.1, -0.05) is 26.3 Å². The molecule has 0 aromatic carbocycles. The Hall–Kier alpha value is -7.08. The van der Waals surface area contributed by atoms with Gasteiger partial charge in [0.25, 0.3) is 40.5 Å². The Labute approximate surface area is 517 Å². The van der Waals surface area contributed by atoms with Gasteiger partial charge in [-0.3, -0.25) is 16.7 Å². The minimum absolute atomic E-state index is 0.0524. The maximum atomic E-state index is 13.4. The van der Waals surface area contributed by atoms with Crippen LogP contribution in [0, 0.1) is 81.8 Å². The molecule has 0 amide bonds. The van der Waals surface area contributed by atoms with Crippen LogP contribution in [0.1, 0.15) is 38.5 Å². The number of hydrogen-bond donors (Lipinski definition) is 0. The fourth-order valence-electron chi connectivity index (χ4n) is 15.2. The van der Waals surface area contributed by atoms with Crippen molar-refractivity contribution in [3.63, 3.8) is 0 Å². The topological polar surface area (TPSA) is 431 Å². The molecule has 0 radical (unpaired) electrons. The van der Waals surface area contributed by atoms with Crippen LogP contribution in [0.15, 0.2) is 50.6 Å². The molecular formula is C52H52F6N2O28S4. The molecule has 12 aliphatic rings. The smallest absolute Gasteiger partial charge is 0.410 e. The lowest BCUT2D eigenvalue weighted by atomic mass is 9.83. The summed E-state index contributed by atoms with van der Waals surface area (Å²) in [6.45, 7) is 9.90. The molecule has 12 rings (SSSR count). The summed E-state index contributed by atoms with van der Waals surface area (Å²) in [6.07, 6.45) is -14.1. The van der Waals surface area contributed by atoms with Crippen molar-refractivity contribution in [3.8, 4) is 12.1 Å². The number of fused-ring (bicyclic) bond motifs is 4. The summed E-state index contributed by atoms with van der Waals surface area (Å²) >= 11 is 0. The van der Waals surface area contributed by atoms with E-state index in [2.05, 4.69) is 49.4 Å². The number of nitrogens with zero attached hydrogens (tertiary/aromatic N) is 2. The summed E-state index contributed by atoms with van der Waals surface area (Å²) < 4.78 is 229. The lowest BCUT2D eigenvalue weighted by Gasteiger charge is -2.33. The average Bonchev–Trinajstić information content (AvgIpc) is 1.53. The van der Waals surface area contributed by atoms with Crippen LogP contribution in [0.3, 0.4) is 0 Å². The number of rotatable bonds is 16. The molecule has 12 fully saturated rings. The molecule has 0 aromatic heterocycles. The summed E-state index contributed by atoms with van der Waals surface area (Å²) in [4.78, 5) is 90.2. The molecule has 0 aromatic rings. The number of carbonyl (C=O) groups excluding carboxylic acids is 8.